The number of hydrogen-bond acceptors (Lipinski definition) is 5. The molecule has 2 aromatic rings. The Hall–Kier alpha value is -2.44. The van der Waals surface area contributed by atoms with Crippen LogP contribution in [0.4, 0.5) is 11.8 Å². The summed E-state index contributed by atoms with van der Waals surface area (Å²) in [5.41, 5.74) is 0.502. The summed E-state index contributed by atoms with van der Waals surface area (Å²) in [5, 5.41) is 15.8. The Bertz CT molecular complexity index is 564. The average molecular weight is 233 g/mol. The molecule has 0 amide bonds. The van der Waals surface area contributed by atoms with E-state index >= 15 is 0 Å². The number of aryl methyl sites for hydroxylation is 2. The van der Waals surface area contributed by atoms with E-state index in [4.69, 9.17) is 5.11 Å². The van der Waals surface area contributed by atoms with Crippen LogP contribution in [0.25, 0.3) is 0 Å². The van der Waals surface area contributed by atoms with Gasteiger partial charge in [0.2, 0.25) is 5.95 Å². The highest BCUT2D eigenvalue weighted by Crippen LogP contribution is 2.11. The number of carboxylic acids is 1. The Morgan fingerprint density at radius 3 is 2.82 bits per heavy atom. The van der Waals surface area contributed by atoms with Gasteiger partial charge < -0.3 is 10.4 Å². The predicted octanol–water partition coefficient (Wildman–Crippen LogP) is 0.960. The van der Waals surface area contributed by atoms with E-state index in [-0.39, 0.29) is 5.56 Å². The van der Waals surface area contributed by atoms with E-state index < -0.39 is 5.97 Å². The first-order valence-corrected chi connectivity index (χ1v) is 4.90. The summed E-state index contributed by atoms with van der Waals surface area (Å²) in [5.74, 6) is -0.104. The molecule has 2 aromatic heterocycles. The van der Waals surface area contributed by atoms with Crippen LogP contribution in [0.3, 0.4) is 0 Å². The van der Waals surface area contributed by atoms with Crippen LogP contribution in [0.1, 0.15) is 16.1 Å². The predicted molar refractivity (Wildman–Crippen MR) is 60.2 cm³/mol. The molecule has 2 N–H and O–H groups in total. The molecular weight excluding hydrogens is 222 g/mol. The highest BCUT2D eigenvalue weighted by atomic mass is 16.4. The van der Waals surface area contributed by atoms with Gasteiger partial charge in [0, 0.05) is 25.5 Å². The van der Waals surface area contributed by atoms with Gasteiger partial charge in [0.1, 0.15) is 0 Å². The smallest absolute Gasteiger partial charge is 0.339 e. The molecule has 0 radical (unpaired) electrons. The monoisotopic (exact) mass is 233 g/mol. The molecule has 17 heavy (non-hydrogen) atoms. The van der Waals surface area contributed by atoms with Crippen molar-refractivity contribution in [3.8, 4) is 0 Å². The zero-order chi connectivity index (χ0) is 12.4. The summed E-state index contributed by atoms with van der Waals surface area (Å²) in [7, 11) is 1.80. The number of nitrogens with zero attached hydrogens (tertiary/aromatic N) is 4. The molecule has 0 aliphatic heterocycles. The molecule has 2 rings (SSSR count). The Kier molecular flexibility index (Phi) is 2.73. The SMILES string of the molecule is Cc1nc(Nc2ccn(C)n2)ncc1C(=O)O. The Morgan fingerprint density at radius 1 is 1.53 bits per heavy atom. The van der Waals surface area contributed by atoms with Crippen molar-refractivity contribution in [2.45, 2.75) is 6.92 Å². The van der Waals surface area contributed by atoms with E-state index in [2.05, 4.69) is 20.4 Å². The minimum Gasteiger partial charge on any atom is -0.478 e. The summed E-state index contributed by atoms with van der Waals surface area (Å²) in [4.78, 5) is 18.7. The maximum atomic E-state index is 10.8. The maximum absolute atomic E-state index is 10.8. The number of carbonyl (C=O) groups is 1. The molecule has 0 aromatic carbocycles. The van der Waals surface area contributed by atoms with Crippen LogP contribution >= 0.6 is 0 Å². The maximum Gasteiger partial charge on any atom is 0.339 e. The lowest BCUT2D eigenvalue weighted by Crippen LogP contribution is -2.06. The highest BCUT2D eigenvalue weighted by Gasteiger charge is 2.10. The summed E-state index contributed by atoms with van der Waals surface area (Å²) in [6.07, 6.45) is 3.05. The van der Waals surface area contributed by atoms with Crippen molar-refractivity contribution in [1.29, 1.82) is 0 Å². The quantitative estimate of drug-likeness (QED) is 0.820. The van der Waals surface area contributed by atoms with E-state index in [1.54, 1.807) is 30.9 Å². The summed E-state index contributed by atoms with van der Waals surface area (Å²) in [6, 6.07) is 1.77. The highest BCUT2D eigenvalue weighted by molar-refractivity contribution is 5.88. The van der Waals surface area contributed by atoms with Crippen molar-refractivity contribution >= 4 is 17.7 Å². The van der Waals surface area contributed by atoms with Crippen LogP contribution in [0, 0.1) is 6.92 Å². The number of aromatic nitrogens is 4. The number of hydrogen-bond donors (Lipinski definition) is 2. The van der Waals surface area contributed by atoms with Gasteiger partial charge in [0.15, 0.2) is 5.82 Å². The van der Waals surface area contributed by atoms with Crippen LogP contribution < -0.4 is 5.32 Å². The zero-order valence-electron chi connectivity index (χ0n) is 9.38. The minimum atomic E-state index is -1.04. The van der Waals surface area contributed by atoms with E-state index in [0.29, 0.717) is 17.5 Å². The summed E-state index contributed by atoms with van der Waals surface area (Å²) in [6.45, 7) is 1.62. The van der Waals surface area contributed by atoms with Gasteiger partial charge in [-0.1, -0.05) is 0 Å². The van der Waals surface area contributed by atoms with Crippen molar-refractivity contribution in [3.63, 3.8) is 0 Å². The second kappa shape index (κ2) is 4.20. The van der Waals surface area contributed by atoms with E-state index in [1.165, 1.54) is 6.20 Å². The lowest BCUT2D eigenvalue weighted by atomic mass is 10.2. The second-order valence-corrected chi connectivity index (χ2v) is 3.50. The number of carboxylic acid groups (broad SMARTS) is 1. The molecule has 0 unspecified atom stereocenters. The van der Waals surface area contributed by atoms with Crippen LogP contribution in [0.5, 0.6) is 0 Å². The molecule has 7 heteroatoms. The van der Waals surface area contributed by atoms with Gasteiger partial charge in [-0.2, -0.15) is 5.10 Å². The molecule has 0 atom stereocenters. The third kappa shape index (κ3) is 2.39. The topological polar surface area (TPSA) is 92.9 Å². The molecule has 0 aliphatic rings. The van der Waals surface area contributed by atoms with Crippen molar-refractivity contribution in [2.24, 2.45) is 7.05 Å². The van der Waals surface area contributed by atoms with E-state index in [9.17, 15) is 4.79 Å². The molecule has 0 aliphatic carbocycles. The lowest BCUT2D eigenvalue weighted by Gasteiger charge is -2.03. The first-order valence-electron chi connectivity index (χ1n) is 4.90. The van der Waals surface area contributed by atoms with Crippen molar-refractivity contribution in [1.82, 2.24) is 19.7 Å². The van der Waals surface area contributed by atoms with Gasteiger partial charge >= 0.3 is 5.97 Å². The minimum absolute atomic E-state index is 0.0940. The van der Waals surface area contributed by atoms with Gasteiger partial charge in [0.25, 0.3) is 0 Å². The average Bonchev–Trinajstić information content (AvgIpc) is 2.63. The normalized spacial score (nSPS) is 10.2. The molecule has 7 nitrogen and oxygen atoms in total. The van der Waals surface area contributed by atoms with Crippen LogP contribution in [-0.2, 0) is 7.05 Å². The number of nitrogens with one attached hydrogen (secondary N) is 1. The fourth-order valence-electron chi connectivity index (χ4n) is 1.33. The molecular formula is C10H11N5O2. The third-order valence-corrected chi connectivity index (χ3v) is 2.16. The molecule has 0 bridgehead atoms. The number of aromatic carboxylic acids is 1. The van der Waals surface area contributed by atoms with Crippen LogP contribution in [0.2, 0.25) is 0 Å². The van der Waals surface area contributed by atoms with Gasteiger partial charge in [-0.25, -0.2) is 14.8 Å². The largest absolute Gasteiger partial charge is 0.478 e. The fraction of sp³-hybridized carbons (Fsp3) is 0.200. The van der Waals surface area contributed by atoms with Crippen molar-refractivity contribution < 1.29 is 9.90 Å². The fourth-order valence-corrected chi connectivity index (χ4v) is 1.33. The molecule has 0 saturated carbocycles. The van der Waals surface area contributed by atoms with Crippen molar-refractivity contribution in [2.75, 3.05) is 5.32 Å². The molecule has 0 spiro atoms. The Balaban J connectivity index is 2.23. The number of anilines is 2. The third-order valence-electron chi connectivity index (χ3n) is 2.16. The zero-order valence-corrected chi connectivity index (χ0v) is 9.38. The van der Waals surface area contributed by atoms with E-state index in [0.717, 1.165) is 0 Å². The lowest BCUT2D eigenvalue weighted by molar-refractivity contribution is 0.0695. The summed E-state index contributed by atoms with van der Waals surface area (Å²) < 4.78 is 1.64. The summed E-state index contributed by atoms with van der Waals surface area (Å²) >= 11 is 0. The number of rotatable bonds is 3. The van der Waals surface area contributed by atoms with Crippen molar-refractivity contribution in [3.05, 3.63) is 29.7 Å². The van der Waals surface area contributed by atoms with E-state index in [1.807, 2.05) is 0 Å². The van der Waals surface area contributed by atoms with Gasteiger partial charge in [0.05, 0.1) is 11.3 Å². The Morgan fingerprint density at radius 2 is 2.29 bits per heavy atom. The standard InChI is InChI=1S/C10H11N5O2/c1-6-7(9(16)17)5-11-10(12-6)13-8-3-4-15(2)14-8/h3-5H,1-2H3,(H,16,17)(H,11,12,13,14). The van der Waals surface area contributed by atoms with Gasteiger partial charge in [-0.15, -0.1) is 0 Å². The van der Waals surface area contributed by atoms with Gasteiger partial charge in [-0.3, -0.25) is 4.68 Å². The molecule has 0 fully saturated rings. The second-order valence-electron chi connectivity index (χ2n) is 3.50. The van der Waals surface area contributed by atoms with Crippen LogP contribution in [-0.4, -0.2) is 30.8 Å². The molecule has 0 saturated heterocycles. The molecule has 2 heterocycles. The first kappa shape index (κ1) is 11.1. The molecule has 88 valence electrons. The Labute approximate surface area is 97.1 Å². The first-order chi connectivity index (χ1) is 8.06. The van der Waals surface area contributed by atoms with Crippen LogP contribution in [0.15, 0.2) is 18.5 Å². The van der Waals surface area contributed by atoms with Gasteiger partial charge in [-0.05, 0) is 6.92 Å².